The Hall–Kier alpha value is -2.49. The van der Waals surface area contributed by atoms with E-state index in [9.17, 15) is 20.0 Å². The minimum absolute atomic E-state index is 0.105. The van der Waals surface area contributed by atoms with E-state index in [4.69, 9.17) is 27.9 Å². The van der Waals surface area contributed by atoms with E-state index < -0.39 is 17.2 Å². The smallest absolute Gasteiger partial charge is 0.271 e. The number of aromatic hydroxyl groups is 1. The lowest BCUT2D eigenvalue weighted by molar-refractivity contribution is 0.103. The Morgan fingerprint density at radius 1 is 1.33 bits per heavy atom. The fraction of sp³-hybridized carbons (Fsp3) is 0.316. The van der Waals surface area contributed by atoms with Crippen molar-refractivity contribution in [3.8, 4) is 17.7 Å². The first-order valence-corrected chi connectivity index (χ1v) is 8.98. The summed E-state index contributed by atoms with van der Waals surface area (Å²) in [5, 5.41) is 20.2. The van der Waals surface area contributed by atoms with E-state index in [-0.39, 0.29) is 44.6 Å². The van der Waals surface area contributed by atoms with Gasteiger partial charge in [0, 0.05) is 12.1 Å². The number of hydrogen-bond acceptors (Lipinski definition) is 5. The molecule has 0 saturated heterocycles. The molecular formula is C19H18Cl2N2O4. The summed E-state index contributed by atoms with van der Waals surface area (Å²) in [7, 11) is 1.40. The normalized spacial score (nSPS) is 10.5. The lowest BCUT2D eigenvalue weighted by Gasteiger charge is -2.16. The van der Waals surface area contributed by atoms with E-state index in [1.807, 2.05) is 13.0 Å². The van der Waals surface area contributed by atoms with E-state index >= 15 is 0 Å². The maximum absolute atomic E-state index is 13.1. The molecule has 1 heterocycles. The third kappa shape index (κ3) is 3.80. The number of aromatic nitrogens is 1. The second-order valence-electron chi connectivity index (χ2n) is 5.92. The molecule has 142 valence electrons. The van der Waals surface area contributed by atoms with Crippen LogP contribution in [0.2, 0.25) is 10.0 Å². The van der Waals surface area contributed by atoms with Crippen LogP contribution in [0.5, 0.6) is 11.6 Å². The average Bonchev–Trinajstić information content (AvgIpc) is 2.61. The third-order valence-corrected chi connectivity index (χ3v) is 4.79. The van der Waals surface area contributed by atoms with Crippen molar-refractivity contribution in [2.75, 3.05) is 7.11 Å². The molecule has 0 aliphatic heterocycles. The molecule has 2 aromatic rings. The van der Waals surface area contributed by atoms with Gasteiger partial charge in [0.15, 0.2) is 11.5 Å². The zero-order chi connectivity index (χ0) is 20.3. The van der Waals surface area contributed by atoms with Crippen molar-refractivity contribution in [1.29, 1.82) is 5.26 Å². The van der Waals surface area contributed by atoms with Crippen molar-refractivity contribution in [2.24, 2.45) is 0 Å². The van der Waals surface area contributed by atoms with E-state index in [0.717, 1.165) is 11.0 Å². The molecule has 0 spiro atoms. The Labute approximate surface area is 166 Å². The van der Waals surface area contributed by atoms with Gasteiger partial charge in [-0.3, -0.25) is 14.2 Å². The molecule has 0 atom stereocenters. The number of ketones is 1. The highest BCUT2D eigenvalue weighted by atomic mass is 35.5. The molecule has 2 rings (SSSR count). The summed E-state index contributed by atoms with van der Waals surface area (Å²) >= 11 is 12.2. The number of benzene rings is 1. The Balaban J connectivity index is 2.73. The van der Waals surface area contributed by atoms with Crippen LogP contribution in [0.25, 0.3) is 0 Å². The van der Waals surface area contributed by atoms with Crippen molar-refractivity contribution >= 4 is 29.0 Å². The van der Waals surface area contributed by atoms with E-state index in [1.165, 1.54) is 26.2 Å². The number of carbonyl (C=O) groups excluding carboxylic acids is 1. The van der Waals surface area contributed by atoms with Crippen molar-refractivity contribution in [2.45, 2.75) is 33.2 Å². The summed E-state index contributed by atoms with van der Waals surface area (Å²) < 4.78 is 6.12. The summed E-state index contributed by atoms with van der Waals surface area (Å²) in [4.78, 5) is 25.5. The monoisotopic (exact) mass is 408 g/mol. The maximum Gasteiger partial charge on any atom is 0.271 e. The molecule has 0 amide bonds. The lowest BCUT2D eigenvalue weighted by atomic mass is 9.97. The van der Waals surface area contributed by atoms with Gasteiger partial charge in [0.25, 0.3) is 5.56 Å². The number of nitriles is 1. The van der Waals surface area contributed by atoms with Crippen molar-refractivity contribution in [3.05, 3.63) is 54.8 Å². The molecule has 8 heteroatoms. The number of ether oxygens (including phenoxy) is 1. The number of carbonyl (C=O) groups is 1. The molecule has 0 radical (unpaired) electrons. The molecule has 27 heavy (non-hydrogen) atoms. The fourth-order valence-corrected chi connectivity index (χ4v) is 3.42. The van der Waals surface area contributed by atoms with Gasteiger partial charge in [-0.25, -0.2) is 0 Å². The molecule has 1 N–H and O–H groups in total. The van der Waals surface area contributed by atoms with Crippen molar-refractivity contribution < 1.29 is 14.6 Å². The van der Waals surface area contributed by atoms with Gasteiger partial charge >= 0.3 is 0 Å². The molecule has 0 saturated carbocycles. The molecule has 0 aliphatic carbocycles. The van der Waals surface area contributed by atoms with Gasteiger partial charge in [-0.2, -0.15) is 5.26 Å². The van der Waals surface area contributed by atoms with Crippen LogP contribution in [0.3, 0.4) is 0 Å². The van der Waals surface area contributed by atoms with Gasteiger partial charge in [-0.15, -0.1) is 0 Å². The zero-order valence-electron chi connectivity index (χ0n) is 15.1. The molecule has 1 aromatic carbocycles. The van der Waals surface area contributed by atoms with Crippen LogP contribution in [0, 0.1) is 18.3 Å². The molecule has 0 aliphatic rings. The van der Waals surface area contributed by atoms with Crippen LogP contribution >= 0.6 is 23.2 Å². The molecule has 0 unspecified atom stereocenters. The van der Waals surface area contributed by atoms with E-state index in [2.05, 4.69) is 0 Å². The SMILES string of the molecule is CCCCn1c(O)c(C(=O)c2cc(Cl)c(OC)c(Cl)c2)c(C)c(C#N)c1=O. The van der Waals surface area contributed by atoms with E-state index in [1.54, 1.807) is 0 Å². The van der Waals surface area contributed by atoms with Gasteiger partial charge in [-0.05, 0) is 31.0 Å². The van der Waals surface area contributed by atoms with Crippen LogP contribution in [0.4, 0.5) is 0 Å². The predicted molar refractivity (Wildman–Crippen MR) is 103 cm³/mol. The standard InChI is InChI=1S/C19H18Cl2N2O4/c1-4-5-6-23-18(25)12(9-22)10(2)15(19(23)26)16(24)11-7-13(20)17(27-3)14(21)8-11/h7-8,26H,4-6H2,1-3H3. The number of halogens is 2. The molecule has 0 fully saturated rings. The highest BCUT2D eigenvalue weighted by molar-refractivity contribution is 6.38. The zero-order valence-corrected chi connectivity index (χ0v) is 16.6. The Morgan fingerprint density at radius 2 is 1.93 bits per heavy atom. The summed E-state index contributed by atoms with van der Waals surface area (Å²) in [6.07, 6.45) is 1.38. The van der Waals surface area contributed by atoms with Crippen LogP contribution in [-0.4, -0.2) is 22.6 Å². The second kappa shape index (κ2) is 8.47. The van der Waals surface area contributed by atoms with Crippen LogP contribution in [0.15, 0.2) is 16.9 Å². The summed E-state index contributed by atoms with van der Waals surface area (Å²) in [6.45, 7) is 3.57. The summed E-state index contributed by atoms with van der Waals surface area (Å²) in [6, 6.07) is 4.55. The number of hydrogen-bond donors (Lipinski definition) is 1. The van der Waals surface area contributed by atoms with Crippen LogP contribution in [-0.2, 0) is 6.54 Å². The molecule has 6 nitrogen and oxygen atoms in total. The maximum atomic E-state index is 13.1. The minimum atomic E-state index is -0.622. The lowest BCUT2D eigenvalue weighted by Crippen LogP contribution is -2.26. The van der Waals surface area contributed by atoms with Crippen LogP contribution < -0.4 is 10.3 Å². The van der Waals surface area contributed by atoms with Crippen LogP contribution in [0.1, 0.15) is 46.8 Å². The van der Waals surface area contributed by atoms with Gasteiger partial charge in [0.05, 0.1) is 22.7 Å². The number of nitrogens with zero attached hydrogens (tertiary/aromatic N) is 2. The fourth-order valence-electron chi connectivity index (χ4n) is 2.78. The van der Waals surface area contributed by atoms with Gasteiger partial charge in [0.1, 0.15) is 11.6 Å². The summed E-state index contributed by atoms with van der Waals surface area (Å²) in [5.41, 5.74) is -0.713. The first kappa shape index (κ1) is 20.8. The van der Waals surface area contributed by atoms with Gasteiger partial charge < -0.3 is 9.84 Å². The third-order valence-electron chi connectivity index (χ3n) is 4.23. The van der Waals surface area contributed by atoms with Crippen molar-refractivity contribution in [1.82, 2.24) is 4.57 Å². The Morgan fingerprint density at radius 3 is 2.41 bits per heavy atom. The van der Waals surface area contributed by atoms with Gasteiger partial charge in [0.2, 0.25) is 5.88 Å². The quantitative estimate of drug-likeness (QED) is 0.726. The number of methoxy groups -OCH3 is 1. The Kier molecular flexibility index (Phi) is 6.53. The largest absolute Gasteiger partial charge is 0.494 e. The molecule has 1 aromatic heterocycles. The topological polar surface area (TPSA) is 92.3 Å². The predicted octanol–water partition coefficient (Wildman–Crippen LogP) is 4.08. The first-order valence-electron chi connectivity index (χ1n) is 8.22. The van der Waals surface area contributed by atoms with Crippen molar-refractivity contribution in [3.63, 3.8) is 0 Å². The number of unbranched alkanes of at least 4 members (excludes halogenated alkanes) is 1. The van der Waals surface area contributed by atoms with Gasteiger partial charge in [-0.1, -0.05) is 36.5 Å². The first-order chi connectivity index (χ1) is 12.8. The summed E-state index contributed by atoms with van der Waals surface area (Å²) in [5.74, 6) is -0.849. The molecular weight excluding hydrogens is 391 g/mol. The Bertz CT molecular complexity index is 983. The molecule has 0 bridgehead atoms. The average molecular weight is 409 g/mol. The number of rotatable bonds is 6. The number of pyridine rings is 1. The highest BCUT2D eigenvalue weighted by Crippen LogP contribution is 2.35. The van der Waals surface area contributed by atoms with E-state index in [0.29, 0.717) is 6.42 Å². The highest BCUT2D eigenvalue weighted by Gasteiger charge is 2.25. The minimum Gasteiger partial charge on any atom is -0.494 e. The second-order valence-corrected chi connectivity index (χ2v) is 6.74.